The number of rotatable bonds is 4. The van der Waals surface area contributed by atoms with Crippen LogP contribution in [0, 0.1) is 0 Å². The lowest BCUT2D eigenvalue weighted by Crippen LogP contribution is -2.49. The molecule has 1 fully saturated rings. The number of likely N-dealkylation sites (tertiary alicyclic amines) is 1. The lowest BCUT2D eigenvalue weighted by atomic mass is 10.1. The van der Waals surface area contributed by atoms with Gasteiger partial charge in [-0.3, -0.25) is 4.79 Å². The predicted molar refractivity (Wildman–Crippen MR) is 83.2 cm³/mol. The van der Waals surface area contributed by atoms with Crippen molar-refractivity contribution >= 4 is 11.9 Å². The summed E-state index contributed by atoms with van der Waals surface area (Å²) in [7, 11) is 0. The van der Waals surface area contributed by atoms with E-state index in [4.69, 9.17) is 10.2 Å². The molecule has 3 amide bonds. The number of amides is 3. The predicted octanol–water partition coefficient (Wildman–Crippen LogP) is 2.34. The quantitative estimate of drug-likeness (QED) is 0.894. The van der Waals surface area contributed by atoms with E-state index in [1.54, 1.807) is 6.92 Å². The molecule has 0 bridgehead atoms. The van der Waals surface area contributed by atoms with E-state index in [1.807, 2.05) is 24.0 Å². The van der Waals surface area contributed by atoms with E-state index in [1.165, 1.54) is 0 Å². The van der Waals surface area contributed by atoms with E-state index < -0.39 is 12.1 Å². The molecule has 1 aliphatic rings. The van der Waals surface area contributed by atoms with Gasteiger partial charge in [-0.25, -0.2) is 4.79 Å². The van der Waals surface area contributed by atoms with E-state index >= 15 is 0 Å². The van der Waals surface area contributed by atoms with Crippen LogP contribution in [0.2, 0.25) is 0 Å². The Kier molecular flexibility index (Phi) is 5.46. The maximum atomic E-state index is 12.7. The number of hydrogen-bond donors (Lipinski definition) is 2. The Labute approximate surface area is 131 Å². The minimum absolute atomic E-state index is 0.0626. The number of furan rings is 1. The number of carbonyl (C=O) groups excluding carboxylic acids is 2. The number of hydrogen-bond acceptors (Lipinski definition) is 3. The maximum Gasteiger partial charge on any atom is 0.312 e. The van der Waals surface area contributed by atoms with Crippen LogP contribution >= 0.6 is 0 Å². The molecular weight excluding hydrogens is 282 g/mol. The summed E-state index contributed by atoms with van der Waals surface area (Å²) in [5, 5.41) is 2.47. The van der Waals surface area contributed by atoms with Crippen LogP contribution in [-0.4, -0.2) is 29.4 Å². The molecule has 6 nitrogen and oxygen atoms in total. The molecule has 2 rings (SSSR count). The third kappa shape index (κ3) is 3.81. The van der Waals surface area contributed by atoms with E-state index in [0.717, 1.165) is 43.6 Å². The Balaban J connectivity index is 2.19. The Hall–Kier alpha value is -1.98. The number of nitrogens with one attached hydrogen (secondary N) is 1. The summed E-state index contributed by atoms with van der Waals surface area (Å²) in [4.78, 5) is 25.5. The molecule has 0 spiro atoms. The normalized spacial score (nSPS) is 20.3. The van der Waals surface area contributed by atoms with Gasteiger partial charge in [0.15, 0.2) is 0 Å². The lowest BCUT2D eigenvalue weighted by molar-refractivity contribution is -0.135. The van der Waals surface area contributed by atoms with Crippen molar-refractivity contribution < 1.29 is 14.0 Å². The molecule has 0 unspecified atom stereocenters. The minimum Gasteiger partial charge on any atom is -0.464 e. The Bertz CT molecular complexity index is 526. The van der Waals surface area contributed by atoms with Crippen LogP contribution in [0.4, 0.5) is 4.79 Å². The molecule has 0 saturated carbocycles. The number of nitrogens with zero attached hydrogens (tertiary/aromatic N) is 1. The summed E-state index contributed by atoms with van der Waals surface area (Å²) in [5.41, 5.74) is 5.12. The van der Waals surface area contributed by atoms with Crippen LogP contribution in [0.3, 0.4) is 0 Å². The first-order valence-electron chi connectivity index (χ1n) is 7.98. The Morgan fingerprint density at radius 1 is 1.41 bits per heavy atom. The van der Waals surface area contributed by atoms with E-state index in [-0.39, 0.29) is 11.9 Å². The minimum atomic E-state index is -0.682. The highest BCUT2D eigenvalue weighted by Crippen LogP contribution is 2.31. The Morgan fingerprint density at radius 2 is 2.18 bits per heavy atom. The van der Waals surface area contributed by atoms with Crippen LogP contribution in [0.15, 0.2) is 16.5 Å². The zero-order chi connectivity index (χ0) is 16.1. The molecule has 2 atom stereocenters. The lowest BCUT2D eigenvalue weighted by Gasteiger charge is -2.31. The first-order chi connectivity index (χ1) is 10.5. The largest absolute Gasteiger partial charge is 0.464 e. The monoisotopic (exact) mass is 307 g/mol. The van der Waals surface area contributed by atoms with Gasteiger partial charge in [-0.05, 0) is 31.9 Å². The second kappa shape index (κ2) is 7.33. The van der Waals surface area contributed by atoms with Crippen molar-refractivity contribution in [2.24, 2.45) is 5.73 Å². The summed E-state index contributed by atoms with van der Waals surface area (Å²) in [6, 6.07) is 2.56. The molecule has 122 valence electrons. The SMILES string of the molecule is CCc1ccc([C@@H]2CCCCCN2C(=O)[C@@H](C)NC(N)=O)o1. The highest BCUT2D eigenvalue weighted by molar-refractivity contribution is 5.86. The zero-order valence-corrected chi connectivity index (χ0v) is 13.3. The van der Waals surface area contributed by atoms with E-state index in [0.29, 0.717) is 6.54 Å². The van der Waals surface area contributed by atoms with Gasteiger partial charge in [0.05, 0.1) is 6.04 Å². The Morgan fingerprint density at radius 3 is 2.82 bits per heavy atom. The van der Waals surface area contributed by atoms with Gasteiger partial charge in [0.25, 0.3) is 0 Å². The molecule has 1 aliphatic heterocycles. The van der Waals surface area contributed by atoms with Gasteiger partial charge in [0.2, 0.25) is 5.91 Å². The molecule has 1 saturated heterocycles. The van der Waals surface area contributed by atoms with Gasteiger partial charge in [-0.1, -0.05) is 19.8 Å². The van der Waals surface area contributed by atoms with Gasteiger partial charge in [0, 0.05) is 13.0 Å². The van der Waals surface area contributed by atoms with E-state index in [2.05, 4.69) is 5.32 Å². The molecule has 6 heteroatoms. The second-order valence-electron chi connectivity index (χ2n) is 5.78. The summed E-state index contributed by atoms with van der Waals surface area (Å²) >= 11 is 0. The van der Waals surface area contributed by atoms with Crippen molar-refractivity contribution in [1.82, 2.24) is 10.2 Å². The highest BCUT2D eigenvalue weighted by Gasteiger charge is 2.31. The van der Waals surface area contributed by atoms with Crippen LogP contribution in [0.5, 0.6) is 0 Å². The number of nitrogens with two attached hydrogens (primary N) is 1. The fraction of sp³-hybridized carbons (Fsp3) is 0.625. The fourth-order valence-electron chi connectivity index (χ4n) is 2.96. The van der Waals surface area contributed by atoms with Gasteiger partial charge in [-0.2, -0.15) is 0 Å². The van der Waals surface area contributed by atoms with Crippen molar-refractivity contribution in [3.05, 3.63) is 23.7 Å². The summed E-state index contributed by atoms with van der Waals surface area (Å²) in [6.45, 7) is 4.38. The van der Waals surface area contributed by atoms with Crippen molar-refractivity contribution in [1.29, 1.82) is 0 Å². The zero-order valence-electron chi connectivity index (χ0n) is 13.3. The van der Waals surface area contributed by atoms with E-state index in [9.17, 15) is 9.59 Å². The summed E-state index contributed by atoms with van der Waals surface area (Å²) in [6.07, 6.45) is 4.84. The fourth-order valence-corrected chi connectivity index (χ4v) is 2.96. The number of carbonyl (C=O) groups is 2. The smallest absolute Gasteiger partial charge is 0.312 e. The number of aryl methyl sites for hydroxylation is 1. The van der Waals surface area contributed by atoms with Crippen LogP contribution < -0.4 is 11.1 Å². The van der Waals surface area contributed by atoms with Crippen LogP contribution in [0.1, 0.15) is 57.1 Å². The highest BCUT2D eigenvalue weighted by atomic mass is 16.3. The standard InChI is InChI=1S/C16H25N3O3/c1-3-12-8-9-14(22-12)13-7-5-4-6-10-19(13)15(20)11(2)18-16(17)21/h8-9,11,13H,3-7,10H2,1-2H3,(H3,17,18,21)/t11-,13+/m1/s1. The molecule has 1 aromatic heterocycles. The third-order valence-electron chi connectivity index (χ3n) is 4.12. The third-order valence-corrected chi connectivity index (χ3v) is 4.12. The molecule has 0 aliphatic carbocycles. The molecule has 1 aromatic rings. The molecule has 3 N–H and O–H groups in total. The summed E-state index contributed by atoms with van der Waals surface area (Å²) < 4.78 is 5.86. The van der Waals surface area contributed by atoms with Gasteiger partial charge < -0.3 is 20.4 Å². The first-order valence-corrected chi connectivity index (χ1v) is 7.98. The van der Waals surface area contributed by atoms with Crippen molar-refractivity contribution in [3.8, 4) is 0 Å². The molecule has 0 radical (unpaired) electrons. The molecule has 22 heavy (non-hydrogen) atoms. The molecular formula is C16H25N3O3. The maximum absolute atomic E-state index is 12.7. The van der Waals surface area contributed by atoms with Crippen molar-refractivity contribution in [2.45, 2.75) is 58.0 Å². The van der Waals surface area contributed by atoms with Crippen LogP contribution in [0.25, 0.3) is 0 Å². The molecule has 2 heterocycles. The van der Waals surface area contributed by atoms with Crippen molar-refractivity contribution in [3.63, 3.8) is 0 Å². The van der Waals surface area contributed by atoms with Gasteiger partial charge in [-0.15, -0.1) is 0 Å². The molecule has 0 aromatic carbocycles. The average Bonchev–Trinajstić information content (AvgIpc) is 2.82. The van der Waals surface area contributed by atoms with Crippen molar-refractivity contribution in [2.75, 3.05) is 6.54 Å². The number of primary amides is 1. The van der Waals surface area contributed by atoms with Crippen LogP contribution in [-0.2, 0) is 11.2 Å². The van der Waals surface area contributed by atoms with Gasteiger partial charge in [0.1, 0.15) is 17.6 Å². The first kappa shape index (κ1) is 16.4. The average molecular weight is 307 g/mol. The van der Waals surface area contributed by atoms with Gasteiger partial charge >= 0.3 is 6.03 Å². The second-order valence-corrected chi connectivity index (χ2v) is 5.78. The number of urea groups is 1. The topological polar surface area (TPSA) is 88.6 Å². The summed E-state index contributed by atoms with van der Waals surface area (Å²) in [5.74, 6) is 1.65.